The molecular formula is C59H83N17O26. The number of aromatic nitrogens is 1. The van der Waals surface area contributed by atoms with E-state index in [0.29, 0.717) is 16.5 Å². The number of hydrogen-bond acceptors (Lipinski definition) is 23. The highest BCUT2D eigenvalue weighted by molar-refractivity contribution is 6.02. The third-order valence-corrected chi connectivity index (χ3v) is 15.2. The number of rotatable bonds is 29. The van der Waals surface area contributed by atoms with Crippen molar-refractivity contribution in [3.8, 4) is 0 Å². The van der Waals surface area contributed by atoms with Gasteiger partial charge in [-0.3, -0.25) is 91.1 Å². The summed E-state index contributed by atoms with van der Waals surface area (Å²) in [4.78, 5) is 268. The number of nitrogens with two attached hydrogens (primary N) is 3. The lowest BCUT2D eigenvalue weighted by molar-refractivity contribution is -0.157. The lowest BCUT2D eigenvalue weighted by atomic mass is 9.98. The molecule has 1 aliphatic rings. The van der Waals surface area contributed by atoms with Crippen molar-refractivity contribution in [1.82, 2.24) is 74.1 Å². The number of amides is 15. The Morgan fingerprint density at radius 1 is 0.598 bits per heavy atom. The molecule has 2 aromatic rings. The second-order valence-electron chi connectivity index (χ2n) is 23.1. The van der Waals surface area contributed by atoms with Crippen LogP contribution in [0.1, 0.15) is 90.5 Å². The van der Waals surface area contributed by atoms with Gasteiger partial charge in [0.25, 0.3) is 0 Å². The number of carbonyl (C=O) groups excluding carboxylic acids is 16. The van der Waals surface area contributed by atoms with E-state index >= 15 is 0 Å². The zero-order valence-corrected chi connectivity index (χ0v) is 55.1. The highest BCUT2D eigenvalue weighted by Gasteiger charge is 2.40. The van der Waals surface area contributed by atoms with Gasteiger partial charge in [0.2, 0.25) is 89.1 Å². The Labute approximate surface area is 577 Å². The van der Waals surface area contributed by atoms with Gasteiger partial charge >= 0.3 is 29.8 Å². The number of benzene rings is 1. The molecule has 25 N–H and O–H groups in total. The lowest BCUT2D eigenvalue weighted by Crippen LogP contribution is -2.61. The summed E-state index contributed by atoms with van der Waals surface area (Å²) in [6, 6.07) is -15.6. The van der Waals surface area contributed by atoms with E-state index in [1.807, 2.05) is 31.9 Å². The molecule has 3 rings (SSSR count). The highest BCUT2D eigenvalue weighted by atomic mass is 16.5. The first kappa shape index (κ1) is 84.3. The standard InChI is InChI=1S/C59H83N17O26/c1-4-25(2)47-59(101)102-26(3)48(76-56(98)37(19-46(89)90)74-54(96)33(15-39(61)79)70-52(94)32(66-24-78)14-27-20-63-29-9-6-5-8-28(27)29)58(100)65-22-41(81)67-30(10-7-13-60)50(92)73-36(18-45(87)88)55(97)71-34(16-40(62)80)53(95)72-35(17-44(85)86)49(91)64-21-42(82)68-38(23-77)57(99)69-31(51(93)75-47)11-12-43(83)84/h5-6,8-9,20,24-26,30-38,47-48,63,77H,4,7,10-19,21-23,60H2,1-3H3,(H2,61,79)(H2,62,80)(H,64,91)(H,65,100)(H,66,78)(H,67,81)(H,68,82)(H,69,99)(H,70,94)(H,71,97)(H,72,95)(H,73,92)(H,74,96)(H,75,93)(H,76,98)(H,83,84)(H,85,86)(H,87,88)(H,89,90). The van der Waals surface area contributed by atoms with Crippen molar-refractivity contribution in [3.63, 3.8) is 0 Å². The highest BCUT2D eigenvalue weighted by Crippen LogP contribution is 2.20. The molecule has 0 spiro atoms. The van der Waals surface area contributed by atoms with Gasteiger partial charge in [0.1, 0.15) is 72.6 Å². The molecule has 0 bridgehead atoms. The monoisotopic (exact) mass is 1450 g/mol. The van der Waals surface area contributed by atoms with Gasteiger partial charge in [-0.25, -0.2) is 4.79 Å². The van der Waals surface area contributed by atoms with E-state index < -0.39 is 262 Å². The Morgan fingerprint density at radius 2 is 1.10 bits per heavy atom. The number of carboxylic acid groups (broad SMARTS) is 4. The Hall–Kier alpha value is -11.9. The van der Waals surface area contributed by atoms with E-state index in [4.69, 9.17) is 21.9 Å². The molecule has 2 heterocycles. The van der Waals surface area contributed by atoms with Gasteiger partial charge in [-0.2, -0.15) is 0 Å². The number of H-pyrrole nitrogens is 1. The summed E-state index contributed by atoms with van der Waals surface area (Å²) >= 11 is 0. The molecule has 1 aromatic carbocycles. The molecule has 102 heavy (non-hydrogen) atoms. The first-order valence-electron chi connectivity index (χ1n) is 31.3. The minimum Gasteiger partial charge on any atom is -0.481 e. The maximum absolute atomic E-state index is 14.5. The maximum Gasteiger partial charge on any atom is 0.329 e. The summed E-state index contributed by atoms with van der Waals surface area (Å²) < 4.78 is 5.64. The van der Waals surface area contributed by atoms with Crippen molar-refractivity contribution in [3.05, 3.63) is 36.0 Å². The van der Waals surface area contributed by atoms with Crippen LogP contribution in [-0.4, -0.2) is 248 Å². The van der Waals surface area contributed by atoms with Crippen LogP contribution in [-0.2, 0) is 107 Å². The topological polar surface area (TPSA) is 702 Å². The molecule has 43 heteroatoms. The molecule has 1 fully saturated rings. The molecule has 560 valence electrons. The number of nitrogens with one attached hydrogen (secondary N) is 14. The van der Waals surface area contributed by atoms with Gasteiger partial charge in [-0.15, -0.1) is 0 Å². The van der Waals surface area contributed by atoms with Crippen LogP contribution in [0.5, 0.6) is 0 Å². The van der Waals surface area contributed by atoms with E-state index in [-0.39, 0.29) is 32.2 Å². The number of aliphatic hydroxyl groups excluding tert-OH is 1. The van der Waals surface area contributed by atoms with Gasteiger partial charge in [-0.05, 0) is 50.3 Å². The van der Waals surface area contributed by atoms with Crippen LogP contribution in [0.2, 0.25) is 0 Å². The van der Waals surface area contributed by atoms with Gasteiger partial charge in [-0.1, -0.05) is 38.5 Å². The number of aliphatic carboxylic acids is 4. The molecule has 1 aromatic heterocycles. The Balaban J connectivity index is 2.21. The van der Waals surface area contributed by atoms with Crippen molar-refractivity contribution < 1.29 is 126 Å². The first-order valence-corrected chi connectivity index (χ1v) is 31.3. The zero-order chi connectivity index (χ0) is 76.7. The van der Waals surface area contributed by atoms with Gasteiger partial charge < -0.3 is 122 Å². The van der Waals surface area contributed by atoms with Crippen LogP contribution >= 0.6 is 0 Å². The number of carboxylic acids is 4. The van der Waals surface area contributed by atoms with Crippen LogP contribution in [0.15, 0.2) is 30.5 Å². The van der Waals surface area contributed by atoms with E-state index in [9.17, 15) is 121 Å². The summed E-state index contributed by atoms with van der Waals surface area (Å²) in [6.07, 6.45) is -8.84. The molecule has 1 aliphatic heterocycles. The van der Waals surface area contributed by atoms with Crippen LogP contribution in [0.4, 0.5) is 0 Å². The van der Waals surface area contributed by atoms with E-state index in [1.165, 1.54) is 20.0 Å². The molecule has 15 amide bonds. The van der Waals surface area contributed by atoms with E-state index in [0.717, 1.165) is 6.92 Å². The molecule has 13 atom stereocenters. The Bertz CT molecular complexity index is 3480. The molecule has 0 aliphatic carbocycles. The predicted molar refractivity (Wildman–Crippen MR) is 342 cm³/mol. The zero-order valence-electron chi connectivity index (χ0n) is 55.1. The predicted octanol–water partition coefficient (Wildman–Crippen LogP) is -10.3. The molecule has 1 saturated heterocycles. The fourth-order valence-corrected chi connectivity index (χ4v) is 9.71. The third-order valence-electron chi connectivity index (χ3n) is 15.2. The van der Waals surface area contributed by atoms with Crippen molar-refractivity contribution in [2.45, 2.75) is 164 Å². The molecule has 0 saturated carbocycles. The normalized spacial score (nSPS) is 22.4. The minimum absolute atomic E-state index is 0.00540. The number of aliphatic hydroxyl groups is 1. The van der Waals surface area contributed by atoms with Gasteiger partial charge in [0.05, 0.1) is 51.8 Å². The number of fused-ring (bicyclic) bond motifs is 1. The lowest BCUT2D eigenvalue weighted by Gasteiger charge is -2.30. The second kappa shape index (κ2) is 41.5. The van der Waals surface area contributed by atoms with Crippen molar-refractivity contribution in [1.29, 1.82) is 0 Å². The van der Waals surface area contributed by atoms with Crippen molar-refractivity contribution in [2.75, 3.05) is 26.2 Å². The van der Waals surface area contributed by atoms with Gasteiger partial charge in [0, 0.05) is 29.9 Å². The van der Waals surface area contributed by atoms with Crippen LogP contribution in [0.25, 0.3) is 10.9 Å². The number of cyclic esters (lactones) is 1. The second-order valence-corrected chi connectivity index (χ2v) is 23.1. The summed E-state index contributed by atoms with van der Waals surface area (Å²) in [7, 11) is 0. The number of aromatic amines is 1. The molecule has 13 unspecified atom stereocenters. The SMILES string of the molecule is CCC(C)C1NC(=O)C(CCC(=O)O)NC(=O)C(CO)NC(=O)CNC(=O)C(CC(=O)O)NC(=O)C(CC(N)=O)NC(=O)C(CC(=O)O)NC(=O)C(CCCN)NC(=O)CNC(=O)C(NC(=O)C(CC(=O)O)NC(=O)C(CC(N)=O)NC(=O)C(Cc2c[nH]c3ccccc23)NC=O)C(C)OC1=O. The largest absolute Gasteiger partial charge is 0.481 e. The maximum atomic E-state index is 14.5. The summed E-state index contributed by atoms with van der Waals surface area (Å²) in [5.74, 6) is -28.9. The summed E-state index contributed by atoms with van der Waals surface area (Å²) in [5, 5.41) is 77.1. The fourth-order valence-electron chi connectivity index (χ4n) is 9.71. The Kier molecular flexibility index (Phi) is 34.3. The summed E-state index contributed by atoms with van der Waals surface area (Å²) in [5.41, 5.74) is 17.5. The number of hydrogen-bond donors (Lipinski definition) is 22. The van der Waals surface area contributed by atoms with Crippen LogP contribution in [0, 0.1) is 5.92 Å². The average molecular weight is 1450 g/mol. The fraction of sp³-hybridized carbons (Fsp3) is 0.525. The first-order chi connectivity index (χ1) is 48.0. The average Bonchev–Trinajstić information content (AvgIpc) is 1.62. The van der Waals surface area contributed by atoms with Crippen molar-refractivity contribution in [2.24, 2.45) is 23.1 Å². The van der Waals surface area contributed by atoms with E-state index in [1.54, 1.807) is 24.3 Å². The molecular weight excluding hydrogens is 1360 g/mol. The number of esters is 1. The number of ether oxygens (including phenoxy) is 1. The number of para-hydroxylation sites is 1. The van der Waals surface area contributed by atoms with Crippen molar-refractivity contribution >= 4 is 130 Å². The number of carbonyl (C=O) groups is 20. The smallest absolute Gasteiger partial charge is 0.329 e. The summed E-state index contributed by atoms with van der Waals surface area (Å²) in [6.45, 7) is -0.0608. The minimum atomic E-state index is -2.34. The van der Waals surface area contributed by atoms with Crippen LogP contribution < -0.4 is 86.3 Å². The quantitative estimate of drug-likeness (QED) is 0.0266. The third kappa shape index (κ3) is 28.1. The Morgan fingerprint density at radius 3 is 1.63 bits per heavy atom. The van der Waals surface area contributed by atoms with Crippen LogP contribution in [0.3, 0.4) is 0 Å². The molecule has 0 radical (unpaired) electrons. The number of primary amides is 2. The molecule has 43 nitrogen and oxygen atoms in total. The van der Waals surface area contributed by atoms with Gasteiger partial charge in [0.15, 0.2) is 0 Å². The van der Waals surface area contributed by atoms with E-state index in [2.05, 4.69) is 42.2 Å².